The van der Waals surface area contributed by atoms with Crippen molar-refractivity contribution in [1.82, 2.24) is 9.78 Å². The van der Waals surface area contributed by atoms with Gasteiger partial charge < -0.3 is 10.5 Å². The van der Waals surface area contributed by atoms with E-state index in [2.05, 4.69) is 5.10 Å². The number of rotatable bonds is 5. The smallest absolute Gasteiger partial charge is 0.327 e. The molecule has 0 saturated heterocycles. The van der Waals surface area contributed by atoms with Crippen LogP contribution in [0.1, 0.15) is 30.7 Å². The van der Waals surface area contributed by atoms with E-state index in [4.69, 9.17) is 10.5 Å². The van der Waals surface area contributed by atoms with Gasteiger partial charge in [-0.25, -0.2) is 0 Å². The van der Waals surface area contributed by atoms with Crippen molar-refractivity contribution in [3.05, 3.63) is 11.4 Å². The quantitative estimate of drug-likeness (QED) is 0.786. The Bertz CT molecular complexity index is 422. The maximum absolute atomic E-state index is 11.6. The number of anilines is 1. The number of aryl methyl sites for hydroxylation is 1. The van der Waals surface area contributed by atoms with E-state index in [0.29, 0.717) is 12.3 Å². The fraction of sp³-hybridized carbons (Fsp3) is 0.667. The number of carbonyl (C=O) groups is 1. The molecule has 1 aliphatic rings. The van der Waals surface area contributed by atoms with Crippen molar-refractivity contribution in [1.29, 1.82) is 0 Å². The van der Waals surface area contributed by atoms with E-state index in [1.165, 1.54) is 12.8 Å². The molecule has 0 radical (unpaired) electrons. The van der Waals surface area contributed by atoms with Crippen LogP contribution in [0.25, 0.3) is 0 Å². The molecule has 1 fully saturated rings. The summed E-state index contributed by atoms with van der Waals surface area (Å²) in [6.07, 6.45) is 3.56. The molecule has 1 heterocycles. The molecule has 1 aromatic heterocycles. The Balaban J connectivity index is 1.81. The fourth-order valence-electron chi connectivity index (χ4n) is 1.78. The number of hydrogen-bond acceptors (Lipinski definition) is 4. The van der Waals surface area contributed by atoms with Gasteiger partial charge in [-0.2, -0.15) is 5.10 Å². The summed E-state index contributed by atoms with van der Waals surface area (Å²) in [5.74, 6) is 0.545. The van der Waals surface area contributed by atoms with Crippen LogP contribution in [-0.4, -0.2) is 22.4 Å². The summed E-state index contributed by atoms with van der Waals surface area (Å²) < 4.78 is 6.76. The zero-order valence-electron chi connectivity index (χ0n) is 10.4. The highest BCUT2D eigenvalue weighted by atomic mass is 16.5. The van der Waals surface area contributed by atoms with E-state index in [-0.39, 0.29) is 12.5 Å². The van der Waals surface area contributed by atoms with Crippen LogP contribution in [0, 0.1) is 19.8 Å². The van der Waals surface area contributed by atoms with E-state index < -0.39 is 0 Å². The Kier molecular flexibility index (Phi) is 3.36. The minimum Gasteiger partial charge on any atom is -0.464 e. The number of carbonyl (C=O) groups excluding carboxylic acids is 1. The third kappa shape index (κ3) is 2.99. The minimum atomic E-state index is -0.240. The molecule has 1 aliphatic carbocycles. The lowest BCUT2D eigenvalue weighted by Crippen LogP contribution is -2.16. The first kappa shape index (κ1) is 12.0. The van der Waals surface area contributed by atoms with Crippen molar-refractivity contribution in [2.75, 3.05) is 12.3 Å². The molecule has 0 bridgehead atoms. The van der Waals surface area contributed by atoms with Crippen LogP contribution >= 0.6 is 0 Å². The van der Waals surface area contributed by atoms with E-state index >= 15 is 0 Å². The lowest BCUT2D eigenvalue weighted by molar-refractivity contribution is -0.144. The van der Waals surface area contributed by atoms with Gasteiger partial charge in [-0.3, -0.25) is 9.48 Å². The second kappa shape index (κ2) is 4.77. The van der Waals surface area contributed by atoms with E-state index in [0.717, 1.165) is 23.7 Å². The first-order valence-corrected chi connectivity index (χ1v) is 6.03. The first-order chi connectivity index (χ1) is 8.08. The van der Waals surface area contributed by atoms with Crippen LogP contribution in [0.2, 0.25) is 0 Å². The number of nitrogens with two attached hydrogens (primary N) is 1. The zero-order chi connectivity index (χ0) is 12.4. The molecule has 0 amide bonds. The number of nitrogen functional groups attached to an aromatic ring is 1. The normalized spacial score (nSPS) is 14.9. The van der Waals surface area contributed by atoms with Gasteiger partial charge in [-0.15, -0.1) is 0 Å². The Labute approximate surface area is 101 Å². The molecule has 2 rings (SSSR count). The molecule has 0 spiro atoms. The number of nitrogens with zero attached hydrogens (tertiary/aromatic N) is 2. The average Bonchev–Trinajstić information content (AvgIpc) is 3.06. The molecule has 94 valence electrons. The second-order valence-corrected chi connectivity index (χ2v) is 4.69. The molecular formula is C12H19N3O2. The van der Waals surface area contributed by atoms with Crippen LogP contribution < -0.4 is 5.73 Å². The molecule has 0 aromatic carbocycles. The molecule has 17 heavy (non-hydrogen) atoms. The van der Waals surface area contributed by atoms with Gasteiger partial charge in [-0.05, 0) is 26.2 Å². The Morgan fingerprint density at radius 2 is 2.24 bits per heavy atom. The topological polar surface area (TPSA) is 70.1 Å². The van der Waals surface area contributed by atoms with Crippen LogP contribution in [-0.2, 0) is 16.1 Å². The van der Waals surface area contributed by atoms with Crippen molar-refractivity contribution in [3.8, 4) is 0 Å². The highest BCUT2D eigenvalue weighted by molar-refractivity contribution is 5.69. The predicted molar refractivity (Wildman–Crippen MR) is 64.4 cm³/mol. The van der Waals surface area contributed by atoms with Crippen molar-refractivity contribution in [2.45, 2.75) is 39.7 Å². The summed E-state index contributed by atoms with van der Waals surface area (Å²) in [5, 5.41) is 4.20. The Morgan fingerprint density at radius 1 is 1.53 bits per heavy atom. The largest absolute Gasteiger partial charge is 0.464 e. The van der Waals surface area contributed by atoms with Crippen LogP contribution in [0.5, 0.6) is 0 Å². The lowest BCUT2D eigenvalue weighted by atomic mass is 10.3. The van der Waals surface area contributed by atoms with E-state index in [9.17, 15) is 4.79 Å². The summed E-state index contributed by atoms with van der Waals surface area (Å²) in [6, 6.07) is 0. The molecule has 0 aliphatic heterocycles. The van der Waals surface area contributed by atoms with Gasteiger partial charge in [0.2, 0.25) is 0 Å². The maximum atomic E-state index is 11.6. The molecule has 0 unspecified atom stereocenters. The molecule has 1 aromatic rings. The zero-order valence-corrected chi connectivity index (χ0v) is 10.4. The third-order valence-electron chi connectivity index (χ3n) is 3.20. The van der Waals surface area contributed by atoms with Crippen molar-refractivity contribution in [3.63, 3.8) is 0 Å². The summed E-state index contributed by atoms with van der Waals surface area (Å²) in [4.78, 5) is 11.6. The average molecular weight is 237 g/mol. The van der Waals surface area contributed by atoms with Gasteiger partial charge in [0, 0.05) is 0 Å². The van der Waals surface area contributed by atoms with Crippen LogP contribution in [0.15, 0.2) is 0 Å². The molecule has 2 N–H and O–H groups in total. The standard InChI is InChI=1S/C12H19N3O2/c1-8-12(13)9(2)15(14-8)7-11(16)17-6-5-10-3-4-10/h10H,3-7,13H2,1-2H3. The Hall–Kier alpha value is -1.52. The van der Waals surface area contributed by atoms with Gasteiger partial charge in [0.1, 0.15) is 6.54 Å². The maximum Gasteiger partial charge on any atom is 0.327 e. The van der Waals surface area contributed by atoms with Gasteiger partial charge in [0.25, 0.3) is 0 Å². The van der Waals surface area contributed by atoms with Gasteiger partial charge in [-0.1, -0.05) is 12.8 Å². The minimum absolute atomic E-state index is 0.147. The highest BCUT2D eigenvalue weighted by Crippen LogP contribution is 2.32. The molecule has 5 nitrogen and oxygen atoms in total. The Morgan fingerprint density at radius 3 is 2.76 bits per heavy atom. The number of esters is 1. The molecule has 5 heteroatoms. The summed E-state index contributed by atoms with van der Waals surface area (Å²) in [5.41, 5.74) is 8.02. The lowest BCUT2D eigenvalue weighted by Gasteiger charge is -2.05. The summed E-state index contributed by atoms with van der Waals surface area (Å²) in [6.45, 7) is 4.36. The van der Waals surface area contributed by atoms with E-state index in [1.54, 1.807) is 4.68 Å². The monoisotopic (exact) mass is 237 g/mol. The van der Waals surface area contributed by atoms with E-state index in [1.807, 2.05) is 13.8 Å². The third-order valence-corrected chi connectivity index (χ3v) is 3.20. The second-order valence-electron chi connectivity index (χ2n) is 4.69. The molecule has 1 saturated carbocycles. The molecule has 0 atom stereocenters. The highest BCUT2D eigenvalue weighted by Gasteiger charge is 2.21. The van der Waals surface area contributed by atoms with Crippen molar-refractivity contribution >= 4 is 11.7 Å². The fourth-order valence-corrected chi connectivity index (χ4v) is 1.78. The number of hydrogen-bond donors (Lipinski definition) is 1. The van der Waals surface area contributed by atoms with Gasteiger partial charge in [0.15, 0.2) is 0 Å². The SMILES string of the molecule is Cc1nn(CC(=O)OCCC2CC2)c(C)c1N. The number of ether oxygens (including phenoxy) is 1. The van der Waals surface area contributed by atoms with Crippen molar-refractivity contribution < 1.29 is 9.53 Å². The van der Waals surface area contributed by atoms with Crippen LogP contribution in [0.4, 0.5) is 5.69 Å². The molecular weight excluding hydrogens is 218 g/mol. The predicted octanol–water partition coefficient (Wildman–Crippen LogP) is 1.43. The first-order valence-electron chi connectivity index (χ1n) is 6.03. The van der Waals surface area contributed by atoms with Crippen molar-refractivity contribution in [2.24, 2.45) is 5.92 Å². The van der Waals surface area contributed by atoms with Gasteiger partial charge >= 0.3 is 5.97 Å². The van der Waals surface area contributed by atoms with Crippen LogP contribution in [0.3, 0.4) is 0 Å². The van der Waals surface area contributed by atoms with Gasteiger partial charge in [0.05, 0.1) is 23.7 Å². The summed E-state index contributed by atoms with van der Waals surface area (Å²) in [7, 11) is 0. The number of aromatic nitrogens is 2. The summed E-state index contributed by atoms with van der Waals surface area (Å²) >= 11 is 0.